The Morgan fingerprint density at radius 2 is 0.532 bits per heavy atom. The van der Waals surface area contributed by atoms with E-state index in [0.29, 0.717) is 19.3 Å². The molecule has 0 unspecified atom stereocenters. The Hall–Kier alpha value is -1.59. The maximum atomic E-state index is 12.8. The quantitative estimate of drug-likeness (QED) is 0.0344. The third-order valence-electron chi connectivity index (χ3n) is 12.7. The van der Waals surface area contributed by atoms with Crippen LogP contribution in [0.5, 0.6) is 0 Å². The van der Waals surface area contributed by atoms with Gasteiger partial charge in [-0.05, 0) is 31.1 Å². The Bertz CT molecular complexity index is 947. The Balaban J connectivity index is 4.31. The molecule has 0 aromatic rings. The van der Waals surface area contributed by atoms with E-state index < -0.39 is 6.10 Å². The maximum Gasteiger partial charge on any atom is 0.306 e. The predicted molar refractivity (Wildman–Crippen MR) is 266 cm³/mol. The molecule has 368 valence electrons. The molecule has 0 spiro atoms. The highest BCUT2D eigenvalue weighted by Crippen LogP contribution is 2.18. The summed E-state index contributed by atoms with van der Waals surface area (Å²) in [7, 11) is 0. The molecule has 6 nitrogen and oxygen atoms in total. The number of carbonyl (C=O) groups is 3. The van der Waals surface area contributed by atoms with Crippen LogP contribution >= 0.6 is 0 Å². The number of hydrogen-bond donors (Lipinski definition) is 0. The van der Waals surface area contributed by atoms with E-state index in [4.69, 9.17) is 14.2 Å². The summed E-state index contributed by atoms with van der Waals surface area (Å²) in [5.74, 6) is 0.816. The SMILES string of the molecule is CCCCCCCCCCCCCCCCCC(=O)OC[C@@H](COC(=O)CCCCCCCCCCCCCC(C)C)OC(=O)CCCCCCCCCCCCCCC(C)C. The van der Waals surface area contributed by atoms with Crippen LogP contribution in [0.25, 0.3) is 0 Å². The van der Waals surface area contributed by atoms with Crippen LogP contribution < -0.4 is 0 Å². The fraction of sp³-hybridized carbons (Fsp3) is 0.946. The highest BCUT2D eigenvalue weighted by Gasteiger charge is 2.19. The first kappa shape index (κ1) is 60.4. The number of hydrogen-bond acceptors (Lipinski definition) is 6. The molecule has 0 heterocycles. The van der Waals surface area contributed by atoms with Crippen LogP contribution in [0.3, 0.4) is 0 Å². The van der Waals surface area contributed by atoms with Crippen molar-refractivity contribution in [3.05, 3.63) is 0 Å². The van der Waals surface area contributed by atoms with Crippen molar-refractivity contribution >= 4 is 17.9 Å². The highest BCUT2D eigenvalue weighted by atomic mass is 16.6. The van der Waals surface area contributed by atoms with Crippen molar-refractivity contribution < 1.29 is 28.6 Å². The molecule has 0 aromatic heterocycles. The smallest absolute Gasteiger partial charge is 0.306 e. The standard InChI is InChI=1S/C56H108O6/c1-6-7-8-9-10-11-12-13-14-15-21-26-31-36-41-46-54(57)60-49-53(50-61-55(58)47-42-37-32-27-23-18-20-25-30-35-40-45-52(4)5)62-56(59)48-43-38-33-28-22-17-16-19-24-29-34-39-44-51(2)3/h51-53H,6-50H2,1-5H3/t53-/m0/s1. The third-order valence-corrected chi connectivity index (χ3v) is 12.7. The molecule has 0 aliphatic heterocycles. The van der Waals surface area contributed by atoms with E-state index in [2.05, 4.69) is 34.6 Å². The number of carbonyl (C=O) groups excluding carboxylic acids is 3. The Kier molecular flexibility index (Phi) is 47.6. The minimum Gasteiger partial charge on any atom is -0.462 e. The lowest BCUT2D eigenvalue weighted by Gasteiger charge is -2.18. The topological polar surface area (TPSA) is 78.9 Å². The molecule has 0 saturated heterocycles. The van der Waals surface area contributed by atoms with Gasteiger partial charge in [-0.1, -0.05) is 272 Å². The normalized spacial score (nSPS) is 12.0. The number of rotatable bonds is 50. The van der Waals surface area contributed by atoms with Crippen LogP contribution in [0.2, 0.25) is 0 Å². The van der Waals surface area contributed by atoms with Crippen molar-refractivity contribution in [2.75, 3.05) is 13.2 Å². The first-order valence-electron chi connectivity index (χ1n) is 27.7. The molecule has 1 atom stereocenters. The van der Waals surface area contributed by atoms with Crippen molar-refractivity contribution in [2.24, 2.45) is 11.8 Å². The molecule has 0 rings (SSSR count). The maximum absolute atomic E-state index is 12.8. The zero-order chi connectivity index (χ0) is 45.4. The summed E-state index contributed by atoms with van der Waals surface area (Å²) in [6.07, 6.45) is 50.9. The number of unbranched alkanes of at least 4 members (excludes halogenated alkanes) is 35. The predicted octanol–water partition coefficient (Wildman–Crippen LogP) is 18.1. The number of ether oxygens (including phenoxy) is 3. The zero-order valence-corrected chi connectivity index (χ0v) is 42.5. The van der Waals surface area contributed by atoms with E-state index in [1.54, 1.807) is 0 Å². The van der Waals surface area contributed by atoms with Gasteiger partial charge in [-0.15, -0.1) is 0 Å². The summed E-state index contributed by atoms with van der Waals surface area (Å²) >= 11 is 0. The van der Waals surface area contributed by atoms with Crippen molar-refractivity contribution in [3.8, 4) is 0 Å². The third kappa shape index (κ3) is 49.4. The van der Waals surface area contributed by atoms with E-state index >= 15 is 0 Å². The summed E-state index contributed by atoms with van der Waals surface area (Å²) in [6.45, 7) is 11.4. The van der Waals surface area contributed by atoms with Crippen molar-refractivity contribution in [3.63, 3.8) is 0 Å². The fourth-order valence-electron chi connectivity index (χ4n) is 8.52. The van der Waals surface area contributed by atoms with Crippen LogP contribution in [-0.4, -0.2) is 37.2 Å². The van der Waals surface area contributed by atoms with Gasteiger partial charge in [0.05, 0.1) is 0 Å². The van der Waals surface area contributed by atoms with E-state index in [9.17, 15) is 14.4 Å². The first-order chi connectivity index (χ1) is 30.2. The zero-order valence-electron chi connectivity index (χ0n) is 42.5. The van der Waals surface area contributed by atoms with Gasteiger partial charge >= 0.3 is 17.9 Å². The fourth-order valence-corrected chi connectivity index (χ4v) is 8.52. The van der Waals surface area contributed by atoms with E-state index in [-0.39, 0.29) is 31.1 Å². The molecule has 0 N–H and O–H groups in total. The van der Waals surface area contributed by atoms with Crippen LogP contribution in [0.1, 0.15) is 311 Å². The second-order valence-corrected chi connectivity index (χ2v) is 20.2. The molecule has 62 heavy (non-hydrogen) atoms. The second kappa shape index (κ2) is 48.9. The van der Waals surface area contributed by atoms with Gasteiger partial charge < -0.3 is 14.2 Å². The minimum absolute atomic E-state index is 0.0630. The van der Waals surface area contributed by atoms with Gasteiger partial charge in [0.15, 0.2) is 6.10 Å². The minimum atomic E-state index is -0.762. The molecule has 0 aliphatic carbocycles. The van der Waals surface area contributed by atoms with E-state index in [1.165, 1.54) is 199 Å². The van der Waals surface area contributed by atoms with Gasteiger partial charge in [0.1, 0.15) is 13.2 Å². The van der Waals surface area contributed by atoms with Gasteiger partial charge in [0.2, 0.25) is 0 Å². The summed E-state index contributed by atoms with van der Waals surface area (Å²) in [4.78, 5) is 38.1. The summed E-state index contributed by atoms with van der Waals surface area (Å²) in [6, 6.07) is 0. The lowest BCUT2D eigenvalue weighted by atomic mass is 10.0. The van der Waals surface area contributed by atoms with Crippen LogP contribution in [0.4, 0.5) is 0 Å². The molecule has 0 fully saturated rings. The van der Waals surface area contributed by atoms with Gasteiger partial charge in [-0.2, -0.15) is 0 Å². The molecule has 0 saturated carbocycles. The Labute approximate surface area is 387 Å². The molecule has 0 aromatic carbocycles. The van der Waals surface area contributed by atoms with Gasteiger partial charge in [-0.3, -0.25) is 14.4 Å². The van der Waals surface area contributed by atoms with Gasteiger partial charge in [-0.25, -0.2) is 0 Å². The average molecular weight is 877 g/mol. The van der Waals surface area contributed by atoms with Crippen LogP contribution in [-0.2, 0) is 28.6 Å². The average Bonchev–Trinajstić information content (AvgIpc) is 3.24. The molecule has 0 radical (unpaired) electrons. The Morgan fingerprint density at radius 3 is 0.790 bits per heavy atom. The lowest BCUT2D eigenvalue weighted by molar-refractivity contribution is -0.167. The lowest BCUT2D eigenvalue weighted by Crippen LogP contribution is -2.30. The highest BCUT2D eigenvalue weighted by molar-refractivity contribution is 5.71. The van der Waals surface area contributed by atoms with Crippen LogP contribution in [0, 0.1) is 11.8 Å². The number of esters is 3. The molecule has 0 amide bonds. The van der Waals surface area contributed by atoms with Crippen molar-refractivity contribution in [2.45, 2.75) is 317 Å². The van der Waals surface area contributed by atoms with Gasteiger partial charge in [0.25, 0.3) is 0 Å². The summed E-state index contributed by atoms with van der Waals surface area (Å²) in [5.41, 5.74) is 0. The van der Waals surface area contributed by atoms with Crippen molar-refractivity contribution in [1.82, 2.24) is 0 Å². The molecular formula is C56H108O6. The monoisotopic (exact) mass is 877 g/mol. The van der Waals surface area contributed by atoms with E-state index in [1.807, 2.05) is 0 Å². The van der Waals surface area contributed by atoms with E-state index in [0.717, 1.165) is 69.6 Å². The van der Waals surface area contributed by atoms with Crippen molar-refractivity contribution in [1.29, 1.82) is 0 Å². The molecule has 6 heteroatoms. The summed E-state index contributed by atoms with van der Waals surface area (Å²) in [5, 5.41) is 0. The Morgan fingerprint density at radius 1 is 0.306 bits per heavy atom. The first-order valence-corrected chi connectivity index (χ1v) is 27.7. The largest absolute Gasteiger partial charge is 0.462 e. The molecule has 0 bridgehead atoms. The summed E-state index contributed by atoms with van der Waals surface area (Å²) < 4.78 is 16.9. The molecular weight excluding hydrogens is 769 g/mol. The molecule has 0 aliphatic rings. The second-order valence-electron chi connectivity index (χ2n) is 20.2. The van der Waals surface area contributed by atoms with Gasteiger partial charge in [0, 0.05) is 19.3 Å². The van der Waals surface area contributed by atoms with Crippen LogP contribution in [0.15, 0.2) is 0 Å².